The van der Waals surface area contributed by atoms with Crippen LogP contribution in [-0.4, -0.2) is 25.3 Å². The topological polar surface area (TPSA) is 51.1 Å². The third-order valence-corrected chi connectivity index (χ3v) is 4.86. The van der Waals surface area contributed by atoms with Gasteiger partial charge in [0.25, 0.3) is 5.91 Å². The van der Waals surface area contributed by atoms with E-state index < -0.39 is 5.91 Å². The molecule has 30 heavy (non-hydrogen) atoms. The lowest BCUT2D eigenvalue weighted by molar-refractivity contribution is -0.116. The summed E-state index contributed by atoms with van der Waals surface area (Å²) in [6, 6.07) is 12.7. The van der Waals surface area contributed by atoms with Crippen LogP contribution >= 0.6 is 0 Å². The monoisotopic (exact) mass is 410 g/mol. The lowest BCUT2D eigenvalue weighted by Gasteiger charge is -2.19. The Hall–Kier alpha value is -3.15. The molecule has 1 heterocycles. The standard InChI is InChI=1S/C24H27FN2O3/c1-4-26-21(19-8-5-7-18(15-19)17(2)3)9-6-10-24(28)27(25)20-11-12-22-23(16-20)30-14-13-29-22/h4-8,10-12,15-17,21H,9,13-14H2,1-3H3/b10-6+,26-4?. The molecule has 0 bridgehead atoms. The average molecular weight is 410 g/mol. The van der Waals surface area contributed by atoms with Gasteiger partial charge in [0, 0.05) is 12.1 Å². The van der Waals surface area contributed by atoms with Gasteiger partial charge in [-0.3, -0.25) is 9.79 Å². The largest absolute Gasteiger partial charge is 0.486 e. The minimum atomic E-state index is -0.762. The molecule has 0 radical (unpaired) electrons. The quantitative estimate of drug-likeness (QED) is 0.340. The molecule has 1 aliphatic rings. The Kier molecular flexibility index (Phi) is 7.22. The van der Waals surface area contributed by atoms with Gasteiger partial charge in [-0.15, -0.1) is 5.12 Å². The van der Waals surface area contributed by atoms with E-state index in [1.54, 1.807) is 18.4 Å². The molecule has 0 aliphatic carbocycles. The second kappa shape index (κ2) is 10.1. The number of halogens is 1. The summed E-state index contributed by atoms with van der Waals surface area (Å²) in [5.74, 6) is 0.632. The zero-order valence-corrected chi connectivity index (χ0v) is 17.5. The predicted octanol–water partition coefficient (Wildman–Crippen LogP) is 5.58. The lowest BCUT2D eigenvalue weighted by Crippen LogP contribution is -2.20. The minimum absolute atomic E-state index is 0.0988. The van der Waals surface area contributed by atoms with E-state index in [-0.39, 0.29) is 16.9 Å². The van der Waals surface area contributed by atoms with Crippen molar-refractivity contribution in [2.45, 2.75) is 39.2 Å². The third-order valence-electron chi connectivity index (χ3n) is 4.86. The van der Waals surface area contributed by atoms with Crippen LogP contribution < -0.4 is 14.6 Å². The summed E-state index contributed by atoms with van der Waals surface area (Å²) in [6.07, 6.45) is 5.14. The zero-order chi connectivity index (χ0) is 21.5. The number of fused-ring (bicyclic) bond motifs is 1. The Bertz CT molecular complexity index is 940. The highest BCUT2D eigenvalue weighted by Gasteiger charge is 2.18. The summed E-state index contributed by atoms with van der Waals surface area (Å²) in [7, 11) is 0. The predicted molar refractivity (Wildman–Crippen MR) is 117 cm³/mol. The molecule has 5 nitrogen and oxygen atoms in total. The SMILES string of the molecule is CC=NC(C/C=C/C(=O)N(F)c1ccc2c(c1)OCCO2)c1cccc(C(C)C)c1. The van der Waals surface area contributed by atoms with Crippen molar-refractivity contribution in [1.29, 1.82) is 0 Å². The molecule has 2 aromatic carbocycles. The molecule has 1 aliphatic heterocycles. The molecule has 0 saturated carbocycles. The normalized spacial score (nSPS) is 14.4. The number of rotatable bonds is 7. The Morgan fingerprint density at radius 3 is 2.60 bits per heavy atom. The van der Waals surface area contributed by atoms with Crippen molar-refractivity contribution in [3.05, 3.63) is 65.7 Å². The van der Waals surface area contributed by atoms with Crippen molar-refractivity contribution in [3.63, 3.8) is 0 Å². The fourth-order valence-electron chi connectivity index (χ4n) is 3.23. The fraction of sp³-hybridized carbons (Fsp3) is 0.333. The van der Waals surface area contributed by atoms with Crippen LogP contribution in [0.15, 0.2) is 59.6 Å². The van der Waals surface area contributed by atoms with Crippen molar-refractivity contribution in [1.82, 2.24) is 0 Å². The van der Waals surface area contributed by atoms with Crippen LogP contribution in [0.2, 0.25) is 0 Å². The van der Waals surface area contributed by atoms with E-state index in [0.29, 0.717) is 37.1 Å². The summed E-state index contributed by atoms with van der Waals surface area (Å²) in [6.45, 7) is 7.00. The molecular formula is C24H27FN2O3. The summed E-state index contributed by atoms with van der Waals surface area (Å²) < 4.78 is 25.4. The number of anilines is 1. The number of nitrogens with zero attached hydrogens (tertiary/aromatic N) is 2. The molecular weight excluding hydrogens is 383 g/mol. The molecule has 0 spiro atoms. The molecule has 3 rings (SSSR count). The van der Waals surface area contributed by atoms with E-state index in [4.69, 9.17) is 9.47 Å². The van der Waals surface area contributed by atoms with E-state index >= 15 is 0 Å². The van der Waals surface area contributed by atoms with E-state index in [9.17, 15) is 9.28 Å². The first-order valence-electron chi connectivity index (χ1n) is 10.1. The van der Waals surface area contributed by atoms with Crippen molar-refractivity contribution < 1.29 is 18.7 Å². The van der Waals surface area contributed by atoms with Gasteiger partial charge in [-0.2, -0.15) is 0 Å². The molecule has 1 atom stereocenters. The average Bonchev–Trinajstić information content (AvgIpc) is 2.77. The number of aliphatic imine (C=N–C) groups is 1. The van der Waals surface area contributed by atoms with Gasteiger partial charge in [0.15, 0.2) is 11.5 Å². The number of hydrogen-bond acceptors (Lipinski definition) is 4. The summed E-state index contributed by atoms with van der Waals surface area (Å²) in [5, 5.41) is 0.103. The number of amides is 1. The molecule has 6 heteroatoms. The lowest BCUT2D eigenvalue weighted by atomic mass is 9.96. The van der Waals surface area contributed by atoms with Crippen LogP contribution in [-0.2, 0) is 4.79 Å². The number of carbonyl (C=O) groups is 1. The maximum Gasteiger partial charge on any atom is 0.278 e. The first-order chi connectivity index (χ1) is 14.5. The smallest absolute Gasteiger partial charge is 0.278 e. The molecule has 2 aromatic rings. The molecule has 0 aromatic heterocycles. The Morgan fingerprint density at radius 1 is 1.13 bits per heavy atom. The molecule has 0 N–H and O–H groups in total. The Labute approximate surface area is 176 Å². The van der Waals surface area contributed by atoms with Gasteiger partial charge < -0.3 is 9.47 Å². The number of ether oxygens (including phenoxy) is 2. The fourth-order valence-corrected chi connectivity index (χ4v) is 3.23. The second-order valence-corrected chi connectivity index (χ2v) is 7.33. The van der Waals surface area contributed by atoms with Crippen LogP contribution in [0.5, 0.6) is 11.5 Å². The molecule has 0 saturated heterocycles. The molecule has 0 fully saturated rings. The molecule has 1 amide bonds. The third kappa shape index (κ3) is 5.26. The first-order valence-corrected chi connectivity index (χ1v) is 10.1. The minimum Gasteiger partial charge on any atom is -0.486 e. The van der Waals surface area contributed by atoms with Gasteiger partial charge in [0.1, 0.15) is 13.2 Å². The zero-order valence-electron chi connectivity index (χ0n) is 17.5. The highest BCUT2D eigenvalue weighted by atomic mass is 19.2. The van der Waals surface area contributed by atoms with Gasteiger partial charge in [0.05, 0.1) is 11.7 Å². The van der Waals surface area contributed by atoms with E-state index in [1.165, 1.54) is 23.8 Å². The van der Waals surface area contributed by atoms with Gasteiger partial charge in [0.2, 0.25) is 0 Å². The van der Waals surface area contributed by atoms with Gasteiger partial charge in [-0.25, -0.2) is 0 Å². The first kappa shape index (κ1) is 21.6. The van der Waals surface area contributed by atoms with Crippen molar-refractivity contribution in [3.8, 4) is 11.5 Å². The van der Waals surface area contributed by atoms with Gasteiger partial charge in [-0.05, 0) is 48.7 Å². The number of benzene rings is 2. The summed E-state index contributed by atoms with van der Waals surface area (Å²) in [5.41, 5.74) is 2.40. The molecule has 158 valence electrons. The number of carbonyl (C=O) groups excluding carboxylic acids is 1. The van der Waals surface area contributed by atoms with Gasteiger partial charge in [-0.1, -0.05) is 48.7 Å². The van der Waals surface area contributed by atoms with Crippen molar-refractivity contribution in [2.24, 2.45) is 4.99 Å². The Morgan fingerprint density at radius 2 is 1.87 bits per heavy atom. The van der Waals surface area contributed by atoms with E-state index in [2.05, 4.69) is 31.0 Å². The second-order valence-electron chi connectivity index (χ2n) is 7.33. The maximum atomic E-state index is 14.5. The van der Waals surface area contributed by atoms with E-state index in [0.717, 1.165) is 5.56 Å². The van der Waals surface area contributed by atoms with Crippen molar-refractivity contribution in [2.75, 3.05) is 18.3 Å². The van der Waals surface area contributed by atoms with Gasteiger partial charge >= 0.3 is 0 Å². The summed E-state index contributed by atoms with van der Waals surface area (Å²) in [4.78, 5) is 16.8. The Balaban J connectivity index is 1.67. The van der Waals surface area contributed by atoms with Crippen LogP contribution in [0.25, 0.3) is 0 Å². The highest BCUT2D eigenvalue weighted by molar-refractivity contribution is 5.99. The van der Waals surface area contributed by atoms with Crippen LogP contribution in [0.1, 0.15) is 50.3 Å². The van der Waals surface area contributed by atoms with Crippen LogP contribution in [0, 0.1) is 0 Å². The van der Waals surface area contributed by atoms with Crippen LogP contribution in [0.3, 0.4) is 0 Å². The van der Waals surface area contributed by atoms with Crippen LogP contribution in [0.4, 0.5) is 10.2 Å². The number of hydrogen-bond donors (Lipinski definition) is 0. The summed E-state index contributed by atoms with van der Waals surface area (Å²) >= 11 is 0. The van der Waals surface area contributed by atoms with Crippen molar-refractivity contribution >= 4 is 17.8 Å². The maximum absolute atomic E-state index is 14.5. The highest BCUT2D eigenvalue weighted by Crippen LogP contribution is 2.34. The van der Waals surface area contributed by atoms with E-state index in [1.807, 2.05) is 19.1 Å². The molecule has 1 unspecified atom stereocenters.